The molecular formula is C19H18N2O5S. The van der Waals surface area contributed by atoms with Gasteiger partial charge in [0.15, 0.2) is 6.61 Å². The zero-order valence-corrected chi connectivity index (χ0v) is 15.7. The Labute approximate surface area is 160 Å². The third kappa shape index (κ3) is 5.39. The molecule has 1 N–H and O–H groups in total. The number of carbonyl (C=O) groups excluding carboxylic acids is 3. The van der Waals surface area contributed by atoms with Gasteiger partial charge >= 0.3 is 11.9 Å². The molecule has 0 aliphatic carbocycles. The van der Waals surface area contributed by atoms with E-state index in [1.165, 1.54) is 35.6 Å². The largest absolute Gasteiger partial charge is 0.462 e. The predicted octanol–water partition coefficient (Wildman–Crippen LogP) is 3.15. The zero-order valence-electron chi connectivity index (χ0n) is 14.9. The molecule has 0 spiro atoms. The molecule has 0 fully saturated rings. The summed E-state index contributed by atoms with van der Waals surface area (Å²) in [5, 5.41) is 11.7. The van der Waals surface area contributed by atoms with Crippen molar-refractivity contribution < 1.29 is 23.9 Å². The summed E-state index contributed by atoms with van der Waals surface area (Å²) in [6, 6.07) is 9.50. The Morgan fingerprint density at radius 2 is 1.81 bits per heavy atom. The molecule has 2 aromatic rings. The van der Waals surface area contributed by atoms with E-state index in [4.69, 9.17) is 14.7 Å². The number of anilines is 1. The zero-order chi connectivity index (χ0) is 19.8. The van der Waals surface area contributed by atoms with Crippen LogP contribution in [0.3, 0.4) is 0 Å². The minimum atomic E-state index is -0.680. The first kappa shape index (κ1) is 20.1. The van der Waals surface area contributed by atoms with Gasteiger partial charge in [-0.3, -0.25) is 4.79 Å². The number of nitrogens with zero attached hydrogens (tertiary/aromatic N) is 1. The molecule has 0 saturated heterocycles. The number of thiophene rings is 1. The van der Waals surface area contributed by atoms with Crippen LogP contribution in [0.4, 0.5) is 5.00 Å². The Balaban J connectivity index is 1.99. The molecule has 7 nitrogen and oxygen atoms in total. The number of nitrogens with one attached hydrogen (secondary N) is 1. The van der Waals surface area contributed by atoms with Crippen molar-refractivity contribution in [1.82, 2.24) is 0 Å². The Hall–Kier alpha value is -3.18. The van der Waals surface area contributed by atoms with Crippen LogP contribution in [0.25, 0.3) is 0 Å². The van der Waals surface area contributed by atoms with Crippen LogP contribution in [0.15, 0.2) is 30.3 Å². The molecule has 1 aromatic carbocycles. The number of esters is 2. The summed E-state index contributed by atoms with van der Waals surface area (Å²) in [7, 11) is 0. The van der Waals surface area contributed by atoms with Crippen molar-refractivity contribution in [3.8, 4) is 6.07 Å². The highest BCUT2D eigenvalue weighted by molar-refractivity contribution is 7.16. The molecule has 1 amide bonds. The van der Waals surface area contributed by atoms with Crippen LogP contribution >= 0.6 is 11.3 Å². The van der Waals surface area contributed by atoms with Crippen molar-refractivity contribution in [2.24, 2.45) is 0 Å². The fourth-order valence-electron chi connectivity index (χ4n) is 2.13. The normalized spacial score (nSPS) is 9.96. The number of hydrogen-bond acceptors (Lipinski definition) is 7. The SMILES string of the molecule is CCOC(=O)c1cc(CC)sc1NC(=O)COC(=O)c1ccc(C#N)cc1. The highest BCUT2D eigenvalue weighted by Crippen LogP contribution is 2.29. The van der Waals surface area contributed by atoms with E-state index in [1.54, 1.807) is 13.0 Å². The molecule has 0 atom stereocenters. The van der Waals surface area contributed by atoms with Crippen molar-refractivity contribution in [1.29, 1.82) is 5.26 Å². The number of carbonyl (C=O) groups is 3. The molecule has 2 rings (SSSR count). The highest BCUT2D eigenvalue weighted by atomic mass is 32.1. The Kier molecular flexibility index (Phi) is 7.08. The van der Waals surface area contributed by atoms with Crippen molar-refractivity contribution in [3.63, 3.8) is 0 Å². The summed E-state index contributed by atoms with van der Waals surface area (Å²) in [4.78, 5) is 37.0. The number of nitriles is 1. The summed E-state index contributed by atoms with van der Waals surface area (Å²) in [6.45, 7) is 3.36. The maximum absolute atomic E-state index is 12.1. The Bertz CT molecular complexity index is 880. The molecular weight excluding hydrogens is 368 g/mol. The highest BCUT2D eigenvalue weighted by Gasteiger charge is 2.19. The van der Waals surface area contributed by atoms with E-state index in [-0.39, 0.29) is 17.7 Å². The second-order valence-electron chi connectivity index (χ2n) is 5.34. The summed E-state index contributed by atoms with van der Waals surface area (Å²) in [5.74, 6) is -1.76. The van der Waals surface area contributed by atoms with Gasteiger partial charge in [-0.05, 0) is 43.7 Å². The van der Waals surface area contributed by atoms with E-state index in [0.717, 1.165) is 4.88 Å². The summed E-state index contributed by atoms with van der Waals surface area (Å²) in [6.07, 6.45) is 0.709. The predicted molar refractivity (Wildman–Crippen MR) is 99.7 cm³/mol. The molecule has 0 radical (unpaired) electrons. The van der Waals surface area contributed by atoms with Crippen molar-refractivity contribution >= 4 is 34.2 Å². The van der Waals surface area contributed by atoms with Gasteiger partial charge in [-0.2, -0.15) is 5.26 Å². The van der Waals surface area contributed by atoms with Gasteiger partial charge in [0.25, 0.3) is 5.91 Å². The first-order chi connectivity index (χ1) is 13.0. The lowest BCUT2D eigenvalue weighted by Crippen LogP contribution is -2.21. The van der Waals surface area contributed by atoms with Gasteiger partial charge in [0.2, 0.25) is 0 Å². The van der Waals surface area contributed by atoms with Crippen LogP contribution in [-0.2, 0) is 20.7 Å². The van der Waals surface area contributed by atoms with Crippen molar-refractivity contribution in [2.75, 3.05) is 18.5 Å². The van der Waals surface area contributed by atoms with Gasteiger partial charge < -0.3 is 14.8 Å². The standard InChI is InChI=1S/C19H18N2O5S/c1-3-14-9-15(19(24)25-4-2)17(27-14)21-16(22)11-26-18(23)13-7-5-12(10-20)6-8-13/h5-9H,3-4,11H2,1-2H3,(H,21,22). The molecule has 0 unspecified atom stereocenters. The van der Waals surface area contributed by atoms with Gasteiger partial charge in [-0.1, -0.05) is 6.92 Å². The number of aryl methyl sites for hydroxylation is 1. The number of ether oxygens (including phenoxy) is 2. The maximum atomic E-state index is 12.1. The van der Waals surface area contributed by atoms with E-state index in [0.29, 0.717) is 17.0 Å². The smallest absolute Gasteiger partial charge is 0.341 e. The van der Waals surface area contributed by atoms with Gasteiger partial charge in [-0.25, -0.2) is 9.59 Å². The summed E-state index contributed by atoms with van der Waals surface area (Å²) >= 11 is 1.27. The van der Waals surface area contributed by atoms with Crippen LogP contribution in [0, 0.1) is 11.3 Å². The van der Waals surface area contributed by atoms with E-state index >= 15 is 0 Å². The number of rotatable bonds is 7. The molecule has 0 bridgehead atoms. The third-order valence-corrected chi connectivity index (χ3v) is 4.66. The third-order valence-electron chi connectivity index (χ3n) is 3.46. The van der Waals surface area contributed by atoms with E-state index in [9.17, 15) is 14.4 Å². The molecule has 27 heavy (non-hydrogen) atoms. The van der Waals surface area contributed by atoms with Crippen LogP contribution in [0.2, 0.25) is 0 Å². The molecule has 1 heterocycles. The number of benzene rings is 1. The molecule has 1 aromatic heterocycles. The lowest BCUT2D eigenvalue weighted by Gasteiger charge is -2.07. The van der Waals surface area contributed by atoms with Crippen molar-refractivity contribution in [3.05, 3.63) is 51.9 Å². The topological polar surface area (TPSA) is 105 Å². The van der Waals surface area contributed by atoms with Gasteiger partial charge in [0, 0.05) is 4.88 Å². The molecule has 140 valence electrons. The van der Waals surface area contributed by atoms with E-state index < -0.39 is 24.5 Å². The minimum Gasteiger partial charge on any atom is -0.462 e. The average molecular weight is 386 g/mol. The molecule has 8 heteroatoms. The second-order valence-corrected chi connectivity index (χ2v) is 6.48. The quantitative estimate of drug-likeness (QED) is 0.733. The van der Waals surface area contributed by atoms with Crippen LogP contribution in [0.1, 0.15) is 45.0 Å². The first-order valence-electron chi connectivity index (χ1n) is 8.25. The molecule has 0 aliphatic rings. The van der Waals surface area contributed by atoms with Crippen LogP contribution < -0.4 is 5.32 Å². The van der Waals surface area contributed by atoms with Gasteiger partial charge in [0.05, 0.1) is 29.4 Å². The minimum absolute atomic E-state index is 0.228. The number of amides is 1. The van der Waals surface area contributed by atoms with Gasteiger partial charge in [0.1, 0.15) is 5.00 Å². The Morgan fingerprint density at radius 3 is 2.41 bits per heavy atom. The monoisotopic (exact) mass is 386 g/mol. The fraction of sp³-hybridized carbons (Fsp3) is 0.263. The average Bonchev–Trinajstić information content (AvgIpc) is 3.09. The fourth-order valence-corrected chi connectivity index (χ4v) is 3.13. The van der Waals surface area contributed by atoms with E-state index in [1.807, 2.05) is 13.0 Å². The lowest BCUT2D eigenvalue weighted by molar-refractivity contribution is -0.119. The molecule has 0 saturated carbocycles. The lowest BCUT2D eigenvalue weighted by atomic mass is 10.1. The van der Waals surface area contributed by atoms with E-state index in [2.05, 4.69) is 5.32 Å². The van der Waals surface area contributed by atoms with Crippen LogP contribution in [0.5, 0.6) is 0 Å². The van der Waals surface area contributed by atoms with Crippen LogP contribution in [-0.4, -0.2) is 31.1 Å². The first-order valence-corrected chi connectivity index (χ1v) is 9.07. The maximum Gasteiger partial charge on any atom is 0.341 e. The number of hydrogen-bond donors (Lipinski definition) is 1. The summed E-state index contributed by atoms with van der Waals surface area (Å²) < 4.78 is 9.96. The van der Waals surface area contributed by atoms with Gasteiger partial charge in [-0.15, -0.1) is 11.3 Å². The second kappa shape index (κ2) is 9.50. The van der Waals surface area contributed by atoms with Crippen molar-refractivity contribution in [2.45, 2.75) is 20.3 Å². The molecule has 0 aliphatic heterocycles. The summed E-state index contributed by atoms with van der Waals surface area (Å²) in [5.41, 5.74) is 0.934. The Morgan fingerprint density at radius 1 is 1.11 bits per heavy atom.